The predicted octanol–water partition coefficient (Wildman–Crippen LogP) is 1.29. The van der Waals surface area contributed by atoms with E-state index in [0.717, 1.165) is 36.3 Å². The maximum absolute atomic E-state index is 12.2. The molecule has 4 rings (SSSR count). The first-order valence-corrected chi connectivity index (χ1v) is 6.85. The van der Waals surface area contributed by atoms with Crippen LogP contribution in [-0.2, 0) is 17.6 Å². The van der Waals surface area contributed by atoms with Crippen molar-refractivity contribution in [2.45, 2.75) is 25.3 Å². The minimum absolute atomic E-state index is 0.0901. The molecular formula is C14H15N3O3. The van der Waals surface area contributed by atoms with Crippen molar-refractivity contribution in [2.24, 2.45) is 0 Å². The Morgan fingerprint density at radius 1 is 1.45 bits per heavy atom. The van der Waals surface area contributed by atoms with E-state index < -0.39 is 0 Å². The number of rotatable bonds is 2. The van der Waals surface area contributed by atoms with Crippen molar-refractivity contribution >= 4 is 5.91 Å². The van der Waals surface area contributed by atoms with Crippen LogP contribution >= 0.6 is 0 Å². The van der Waals surface area contributed by atoms with Crippen LogP contribution in [0.25, 0.3) is 11.3 Å². The number of aryl methyl sites for hydroxylation is 2. The van der Waals surface area contributed by atoms with Gasteiger partial charge in [-0.2, -0.15) is 5.10 Å². The zero-order valence-corrected chi connectivity index (χ0v) is 10.9. The van der Waals surface area contributed by atoms with Gasteiger partial charge in [0.15, 0.2) is 5.76 Å². The molecule has 0 spiro atoms. The molecule has 0 bridgehead atoms. The van der Waals surface area contributed by atoms with E-state index in [1.165, 1.54) is 5.56 Å². The van der Waals surface area contributed by atoms with Crippen LogP contribution in [0.1, 0.15) is 28.3 Å². The zero-order valence-electron chi connectivity index (χ0n) is 10.9. The number of ether oxygens (including phenoxy) is 1. The average molecular weight is 273 g/mol. The van der Waals surface area contributed by atoms with E-state index in [-0.39, 0.29) is 11.9 Å². The molecule has 1 aliphatic carbocycles. The van der Waals surface area contributed by atoms with Crippen LogP contribution in [0.3, 0.4) is 0 Å². The van der Waals surface area contributed by atoms with E-state index in [1.807, 2.05) is 6.20 Å². The van der Waals surface area contributed by atoms with Crippen LogP contribution in [0.15, 0.2) is 16.7 Å². The van der Waals surface area contributed by atoms with Crippen molar-refractivity contribution in [3.8, 4) is 11.3 Å². The summed E-state index contributed by atoms with van der Waals surface area (Å²) >= 11 is 0. The molecule has 2 aromatic rings. The minimum atomic E-state index is -0.170. The number of nitrogens with one attached hydrogen (secondary N) is 2. The van der Waals surface area contributed by atoms with Crippen LogP contribution < -0.4 is 5.32 Å². The molecule has 1 saturated heterocycles. The van der Waals surface area contributed by atoms with Gasteiger partial charge in [-0.25, -0.2) is 0 Å². The van der Waals surface area contributed by atoms with Crippen LogP contribution in [0.5, 0.6) is 0 Å². The van der Waals surface area contributed by atoms with Gasteiger partial charge in [-0.05, 0) is 24.5 Å². The van der Waals surface area contributed by atoms with E-state index in [0.29, 0.717) is 19.0 Å². The molecule has 104 valence electrons. The molecule has 0 unspecified atom stereocenters. The third kappa shape index (κ3) is 1.84. The van der Waals surface area contributed by atoms with E-state index in [2.05, 4.69) is 15.5 Å². The standard InChI is InChI=1S/C14H15N3O3/c18-14(16-9-3-4-19-7-9)12-5-10-11(20-12)2-1-8-6-15-17-13(8)10/h5-6,9H,1-4,7H2,(H,15,17)(H,16,18)/t9-/m1/s1. The Morgan fingerprint density at radius 2 is 2.40 bits per heavy atom. The number of aromatic nitrogens is 2. The van der Waals surface area contributed by atoms with Crippen molar-refractivity contribution in [1.29, 1.82) is 0 Å². The number of fused-ring (bicyclic) bond motifs is 3. The summed E-state index contributed by atoms with van der Waals surface area (Å²) in [5, 5.41) is 9.97. The minimum Gasteiger partial charge on any atom is -0.455 e. The van der Waals surface area contributed by atoms with Gasteiger partial charge in [0, 0.05) is 18.6 Å². The van der Waals surface area contributed by atoms with Crippen LogP contribution in [0.2, 0.25) is 0 Å². The van der Waals surface area contributed by atoms with Gasteiger partial charge in [0.2, 0.25) is 0 Å². The lowest BCUT2D eigenvalue weighted by atomic mass is 9.97. The first-order chi connectivity index (χ1) is 9.81. The third-order valence-electron chi connectivity index (χ3n) is 3.91. The highest BCUT2D eigenvalue weighted by atomic mass is 16.5. The maximum atomic E-state index is 12.2. The van der Waals surface area contributed by atoms with E-state index in [4.69, 9.17) is 9.15 Å². The Bertz CT molecular complexity index is 652. The van der Waals surface area contributed by atoms with Gasteiger partial charge >= 0.3 is 0 Å². The third-order valence-corrected chi connectivity index (χ3v) is 3.91. The lowest BCUT2D eigenvalue weighted by molar-refractivity contribution is 0.0900. The molecule has 6 nitrogen and oxygen atoms in total. The summed E-state index contributed by atoms with van der Waals surface area (Å²) in [5.41, 5.74) is 3.10. The van der Waals surface area contributed by atoms with Crippen LogP contribution in [0, 0.1) is 0 Å². The number of carbonyl (C=O) groups is 1. The molecule has 1 fully saturated rings. The fourth-order valence-electron chi connectivity index (χ4n) is 2.82. The lowest BCUT2D eigenvalue weighted by Crippen LogP contribution is -2.34. The fourth-order valence-corrected chi connectivity index (χ4v) is 2.82. The van der Waals surface area contributed by atoms with Crippen molar-refractivity contribution in [3.63, 3.8) is 0 Å². The van der Waals surface area contributed by atoms with Gasteiger partial charge in [-0.1, -0.05) is 0 Å². The van der Waals surface area contributed by atoms with Gasteiger partial charge in [0.05, 0.1) is 24.5 Å². The molecule has 20 heavy (non-hydrogen) atoms. The second-order valence-electron chi connectivity index (χ2n) is 5.25. The quantitative estimate of drug-likeness (QED) is 0.864. The number of hydrogen-bond acceptors (Lipinski definition) is 4. The Labute approximate surface area is 115 Å². The molecule has 2 aromatic heterocycles. The number of hydrogen-bond donors (Lipinski definition) is 2. The van der Waals surface area contributed by atoms with E-state index >= 15 is 0 Å². The summed E-state index contributed by atoms with van der Waals surface area (Å²) in [4.78, 5) is 12.2. The van der Waals surface area contributed by atoms with Crippen LogP contribution in [0.4, 0.5) is 0 Å². The number of amides is 1. The zero-order chi connectivity index (χ0) is 13.5. The first-order valence-electron chi connectivity index (χ1n) is 6.85. The SMILES string of the molecule is O=C(N[C@@H]1CCOC1)c1cc2c(o1)CCc1cn[nH]c1-2. The summed E-state index contributed by atoms with van der Waals surface area (Å²) in [6.07, 6.45) is 4.39. The second-order valence-corrected chi connectivity index (χ2v) is 5.25. The average Bonchev–Trinajstić information content (AvgIpc) is 3.17. The van der Waals surface area contributed by atoms with Gasteiger partial charge in [-0.3, -0.25) is 9.89 Å². The Kier molecular flexibility index (Phi) is 2.63. The molecule has 0 aromatic carbocycles. The summed E-state index contributed by atoms with van der Waals surface area (Å²) in [7, 11) is 0. The van der Waals surface area contributed by atoms with Crippen molar-refractivity contribution in [2.75, 3.05) is 13.2 Å². The molecular weight excluding hydrogens is 258 g/mol. The normalized spacial score (nSPS) is 20.5. The largest absolute Gasteiger partial charge is 0.455 e. The van der Waals surface area contributed by atoms with Gasteiger partial charge in [-0.15, -0.1) is 0 Å². The monoisotopic (exact) mass is 273 g/mol. The first kappa shape index (κ1) is 11.7. The second kappa shape index (κ2) is 4.49. The summed E-state index contributed by atoms with van der Waals surface area (Å²) in [5.74, 6) is 1.05. The number of H-pyrrole nitrogens is 1. The molecule has 0 saturated carbocycles. The molecule has 1 aliphatic heterocycles. The molecule has 3 heterocycles. The number of carbonyl (C=O) groups excluding carboxylic acids is 1. The highest BCUT2D eigenvalue weighted by molar-refractivity contribution is 5.93. The Morgan fingerprint density at radius 3 is 3.25 bits per heavy atom. The fraction of sp³-hybridized carbons (Fsp3) is 0.429. The van der Waals surface area contributed by atoms with Crippen molar-refractivity contribution < 1.29 is 13.9 Å². The van der Waals surface area contributed by atoms with Crippen molar-refractivity contribution in [1.82, 2.24) is 15.5 Å². The molecule has 0 radical (unpaired) electrons. The smallest absolute Gasteiger partial charge is 0.287 e. The Balaban J connectivity index is 1.60. The summed E-state index contributed by atoms with van der Waals surface area (Å²) < 4.78 is 11.0. The van der Waals surface area contributed by atoms with Gasteiger partial charge in [0.25, 0.3) is 5.91 Å². The number of nitrogens with zero attached hydrogens (tertiary/aromatic N) is 1. The molecule has 1 amide bonds. The molecule has 2 N–H and O–H groups in total. The highest BCUT2D eigenvalue weighted by Crippen LogP contribution is 2.34. The Hall–Kier alpha value is -2.08. The highest BCUT2D eigenvalue weighted by Gasteiger charge is 2.26. The number of furan rings is 1. The van der Waals surface area contributed by atoms with Crippen LogP contribution in [-0.4, -0.2) is 35.4 Å². The number of aromatic amines is 1. The summed E-state index contributed by atoms with van der Waals surface area (Å²) in [6, 6.07) is 1.89. The van der Waals surface area contributed by atoms with E-state index in [9.17, 15) is 4.79 Å². The van der Waals surface area contributed by atoms with E-state index in [1.54, 1.807) is 6.07 Å². The summed E-state index contributed by atoms with van der Waals surface area (Å²) in [6.45, 7) is 1.29. The van der Waals surface area contributed by atoms with Gasteiger partial charge in [0.1, 0.15) is 5.76 Å². The van der Waals surface area contributed by atoms with Gasteiger partial charge < -0.3 is 14.5 Å². The lowest BCUT2D eigenvalue weighted by Gasteiger charge is -2.09. The molecule has 2 aliphatic rings. The topological polar surface area (TPSA) is 80.2 Å². The molecule has 6 heteroatoms. The molecule has 1 atom stereocenters. The predicted molar refractivity (Wildman–Crippen MR) is 70.4 cm³/mol. The maximum Gasteiger partial charge on any atom is 0.287 e. The van der Waals surface area contributed by atoms with Crippen molar-refractivity contribution in [3.05, 3.63) is 29.3 Å².